The van der Waals surface area contributed by atoms with Gasteiger partial charge in [-0.15, -0.1) is 0 Å². The number of rotatable bonds is 3. The minimum Gasteiger partial charge on any atom is -0.497 e. The van der Waals surface area contributed by atoms with Gasteiger partial charge in [-0.3, -0.25) is 4.79 Å². The molecular weight excluding hydrogens is 246 g/mol. The quantitative estimate of drug-likeness (QED) is 0.902. The van der Waals surface area contributed by atoms with Crippen LogP contribution in [0.5, 0.6) is 5.75 Å². The third-order valence-corrected chi connectivity index (χ3v) is 3.37. The molecule has 0 bridgehead atoms. The van der Waals surface area contributed by atoms with Crippen LogP contribution in [0.3, 0.4) is 0 Å². The van der Waals surface area contributed by atoms with Crippen LogP contribution in [-0.2, 0) is 4.79 Å². The summed E-state index contributed by atoms with van der Waals surface area (Å²) in [5, 5.41) is 9.19. The molecule has 1 aromatic rings. The monoisotopic (exact) mass is 263 g/mol. The fraction of sp³-hybridized carbons (Fsp3) is 0.429. The van der Waals surface area contributed by atoms with Crippen molar-refractivity contribution in [3.63, 3.8) is 0 Å². The molecule has 1 aliphatic rings. The van der Waals surface area contributed by atoms with E-state index in [0.29, 0.717) is 24.3 Å². The van der Waals surface area contributed by atoms with Crippen LogP contribution in [0.15, 0.2) is 24.3 Å². The number of hydrogen-bond donors (Lipinski definition) is 1. The van der Waals surface area contributed by atoms with E-state index in [2.05, 4.69) is 0 Å². The maximum absolute atomic E-state index is 12.4. The summed E-state index contributed by atoms with van der Waals surface area (Å²) in [6.07, 6.45) is 2.21. The topological polar surface area (TPSA) is 66.8 Å². The molecular formula is C14H17NO4. The Bertz CT molecular complexity index is 486. The Morgan fingerprint density at radius 1 is 1.37 bits per heavy atom. The summed E-state index contributed by atoms with van der Waals surface area (Å²) in [7, 11) is 1.53. The number of carbonyl (C=O) groups excluding carboxylic acids is 1. The fourth-order valence-corrected chi connectivity index (χ4v) is 2.35. The first-order valence-electron chi connectivity index (χ1n) is 6.31. The Labute approximate surface area is 111 Å². The molecule has 0 saturated carbocycles. The zero-order valence-corrected chi connectivity index (χ0v) is 10.8. The molecule has 19 heavy (non-hydrogen) atoms. The highest BCUT2D eigenvalue weighted by atomic mass is 16.5. The second kappa shape index (κ2) is 5.73. The highest BCUT2D eigenvalue weighted by Crippen LogP contribution is 2.21. The first-order chi connectivity index (χ1) is 9.13. The number of carboxylic acids is 1. The van der Waals surface area contributed by atoms with Gasteiger partial charge in [0.05, 0.1) is 7.11 Å². The fourth-order valence-electron chi connectivity index (χ4n) is 2.35. The maximum atomic E-state index is 12.4. The molecule has 1 saturated heterocycles. The van der Waals surface area contributed by atoms with Gasteiger partial charge in [-0.25, -0.2) is 4.79 Å². The molecule has 102 valence electrons. The second-order valence-corrected chi connectivity index (χ2v) is 4.58. The summed E-state index contributed by atoms with van der Waals surface area (Å²) in [4.78, 5) is 25.0. The first-order valence-corrected chi connectivity index (χ1v) is 6.31. The minimum atomic E-state index is -0.934. The van der Waals surface area contributed by atoms with E-state index < -0.39 is 12.0 Å². The Hall–Kier alpha value is -2.04. The van der Waals surface area contributed by atoms with Gasteiger partial charge in [0.25, 0.3) is 5.91 Å². The number of ether oxygens (including phenoxy) is 1. The standard InChI is InChI=1S/C14H17NO4/c1-19-11-6-4-5-10(9-11)13(16)15-8-3-2-7-12(15)14(17)18/h4-6,9,12H,2-3,7-8H2,1H3,(H,17,18). The second-order valence-electron chi connectivity index (χ2n) is 4.58. The molecule has 1 atom stereocenters. The van der Waals surface area contributed by atoms with Gasteiger partial charge < -0.3 is 14.7 Å². The molecule has 0 aliphatic carbocycles. The highest BCUT2D eigenvalue weighted by Gasteiger charge is 2.32. The Kier molecular flexibility index (Phi) is 4.04. The summed E-state index contributed by atoms with van der Waals surface area (Å²) >= 11 is 0. The smallest absolute Gasteiger partial charge is 0.326 e. The van der Waals surface area contributed by atoms with E-state index in [9.17, 15) is 14.7 Å². The van der Waals surface area contributed by atoms with E-state index in [1.807, 2.05) is 0 Å². The van der Waals surface area contributed by atoms with E-state index in [0.717, 1.165) is 12.8 Å². The van der Waals surface area contributed by atoms with Crippen molar-refractivity contribution in [2.45, 2.75) is 25.3 Å². The van der Waals surface area contributed by atoms with Crippen LogP contribution in [0.1, 0.15) is 29.6 Å². The molecule has 5 heteroatoms. The van der Waals surface area contributed by atoms with E-state index in [1.54, 1.807) is 24.3 Å². The lowest BCUT2D eigenvalue weighted by molar-refractivity contribution is -0.143. The molecule has 1 fully saturated rings. The van der Waals surface area contributed by atoms with E-state index in [4.69, 9.17) is 4.74 Å². The molecule has 1 aliphatic heterocycles. The minimum absolute atomic E-state index is 0.244. The third-order valence-electron chi connectivity index (χ3n) is 3.37. The van der Waals surface area contributed by atoms with Crippen LogP contribution in [0, 0.1) is 0 Å². The van der Waals surface area contributed by atoms with Gasteiger partial charge in [0.2, 0.25) is 0 Å². The van der Waals surface area contributed by atoms with Gasteiger partial charge in [0, 0.05) is 12.1 Å². The number of carboxylic acid groups (broad SMARTS) is 1. The van der Waals surface area contributed by atoms with Crippen LogP contribution in [-0.4, -0.2) is 41.6 Å². The average molecular weight is 263 g/mol. The number of nitrogens with zero attached hydrogens (tertiary/aromatic N) is 1. The van der Waals surface area contributed by atoms with Crippen LogP contribution in [0.4, 0.5) is 0 Å². The summed E-state index contributed by atoms with van der Waals surface area (Å²) in [5.41, 5.74) is 0.465. The van der Waals surface area contributed by atoms with Gasteiger partial charge in [0.1, 0.15) is 11.8 Å². The zero-order chi connectivity index (χ0) is 13.8. The molecule has 1 amide bonds. The number of methoxy groups -OCH3 is 1. The Morgan fingerprint density at radius 3 is 2.84 bits per heavy atom. The Balaban J connectivity index is 2.23. The first kappa shape index (κ1) is 13.4. The molecule has 0 aromatic heterocycles. The molecule has 2 rings (SSSR count). The lowest BCUT2D eigenvalue weighted by atomic mass is 10.0. The Morgan fingerprint density at radius 2 is 2.16 bits per heavy atom. The molecule has 1 unspecified atom stereocenters. The third kappa shape index (κ3) is 2.86. The average Bonchev–Trinajstić information content (AvgIpc) is 2.46. The van der Waals surface area contributed by atoms with Crippen molar-refractivity contribution in [2.24, 2.45) is 0 Å². The van der Waals surface area contributed by atoms with E-state index in [1.165, 1.54) is 12.0 Å². The van der Waals surface area contributed by atoms with Crippen LogP contribution >= 0.6 is 0 Å². The van der Waals surface area contributed by atoms with E-state index >= 15 is 0 Å². The normalized spacial score (nSPS) is 19.0. The summed E-state index contributed by atoms with van der Waals surface area (Å²) in [6.45, 7) is 0.493. The van der Waals surface area contributed by atoms with Crippen LogP contribution < -0.4 is 4.74 Å². The van der Waals surface area contributed by atoms with Crippen LogP contribution in [0.25, 0.3) is 0 Å². The SMILES string of the molecule is COc1cccc(C(=O)N2CCCCC2C(=O)O)c1. The van der Waals surface area contributed by atoms with Crippen molar-refractivity contribution in [2.75, 3.05) is 13.7 Å². The van der Waals surface area contributed by atoms with Gasteiger partial charge in [-0.05, 0) is 37.5 Å². The lowest BCUT2D eigenvalue weighted by Crippen LogP contribution is -2.47. The van der Waals surface area contributed by atoms with Crippen molar-refractivity contribution < 1.29 is 19.4 Å². The summed E-state index contributed by atoms with van der Waals surface area (Å²) < 4.78 is 5.08. The number of amides is 1. The molecule has 1 aromatic carbocycles. The van der Waals surface area contributed by atoms with Gasteiger partial charge in [-0.2, -0.15) is 0 Å². The molecule has 0 spiro atoms. The number of benzene rings is 1. The lowest BCUT2D eigenvalue weighted by Gasteiger charge is -2.33. The number of hydrogen-bond acceptors (Lipinski definition) is 3. The van der Waals surface area contributed by atoms with E-state index in [-0.39, 0.29) is 5.91 Å². The molecule has 1 heterocycles. The zero-order valence-electron chi connectivity index (χ0n) is 10.8. The number of aliphatic carboxylic acids is 1. The van der Waals surface area contributed by atoms with Crippen molar-refractivity contribution in [3.8, 4) is 5.75 Å². The van der Waals surface area contributed by atoms with Crippen LogP contribution in [0.2, 0.25) is 0 Å². The number of piperidine rings is 1. The number of likely N-dealkylation sites (tertiary alicyclic amines) is 1. The summed E-state index contributed by atoms with van der Waals surface area (Å²) in [5.74, 6) is -0.586. The van der Waals surface area contributed by atoms with Crippen molar-refractivity contribution in [1.29, 1.82) is 0 Å². The molecule has 5 nitrogen and oxygen atoms in total. The van der Waals surface area contributed by atoms with Crippen molar-refractivity contribution >= 4 is 11.9 Å². The predicted molar refractivity (Wildman–Crippen MR) is 69.3 cm³/mol. The largest absolute Gasteiger partial charge is 0.497 e. The summed E-state index contributed by atoms with van der Waals surface area (Å²) in [6, 6.07) is 6.08. The maximum Gasteiger partial charge on any atom is 0.326 e. The predicted octanol–water partition coefficient (Wildman–Crippen LogP) is 1.77. The molecule has 0 radical (unpaired) electrons. The van der Waals surface area contributed by atoms with Gasteiger partial charge in [0.15, 0.2) is 0 Å². The highest BCUT2D eigenvalue weighted by molar-refractivity contribution is 5.97. The number of carbonyl (C=O) groups is 2. The molecule has 1 N–H and O–H groups in total. The van der Waals surface area contributed by atoms with Crippen molar-refractivity contribution in [3.05, 3.63) is 29.8 Å². The van der Waals surface area contributed by atoms with Crippen molar-refractivity contribution in [1.82, 2.24) is 4.90 Å². The van der Waals surface area contributed by atoms with Gasteiger partial charge in [-0.1, -0.05) is 6.07 Å². The van der Waals surface area contributed by atoms with Gasteiger partial charge >= 0.3 is 5.97 Å².